The fourth-order valence-corrected chi connectivity index (χ4v) is 3.93. The van der Waals surface area contributed by atoms with E-state index in [2.05, 4.69) is 4.98 Å². The van der Waals surface area contributed by atoms with Crippen LogP contribution in [0.2, 0.25) is 5.02 Å². The van der Waals surface area contributed by atoms with Crippen LogP contribution in [0.5, 0.6) is 0 Å². The van der Waals surface area contributed by atoms with Gasteiger partial charge in [0.2, 0.25) is 0 Å². The van der Waals surface area contributed by atoms with E-state index >= 15 is 0 Å². The Bertz CT molecular complexity index is 917. The fourth-order valence-electron chi connectivity index (χ4n) is 2.33. The molecule has 26 heavy (non-hydrogen) atoms. The number of aryl methyl sites for hydroxylation is 2. The molecule has 0 unspecified atom stereocenters. The van der Waals surface area contributed by atoms with Crippen LogP contribution in [0.15, 0.2) is 35.4 Å². The van der Waals surface area contributed by atoms with Gasteiger partial charge in [-0.05, 0) is 37.6 Å². The molecule has 2 rings (SSSR count). The molecule has 10 heteroatoms. The Labute approximate surface area is 154 Å². The molecule has 1 aromatic carbocycles. The number of methoxy groups -OCH3 is 1. The summed E-state index contributed by atoms with van der Waals surface area (Å²) in [7, 11) is -3.08. The zero-order chi connectivity index (χ0) is 19.7. The summed E-state index contributed by atoms with van der Waals surface area (Å²) in [5.41, 5.74) is -0.640. The van der Waals surface area contributed by atoms with Gasteiger partial charge in [0.25, 0.3) is 10.0 Å². The van der Waals surface area contributed by atoms with Crippen molar-refractivity contribution in [3.63, 3.8) is 0 Å². The van der Waals surface area contributed by atoms with Crippen LogP contribution in [0, 0.1) is 13.8 Å². The van der Waals surface area contributed by atoms with Gasteiger partial charge in [0.1, 0.15) is 6.73 Å². The molecule has 0 aliphatic rings. The molecule has 1 aromatic heterocycles. The molecule has 0 radical (unpaired) electrons. The van der Waals surface area contributed by atoms with E-state index in [4.69, 9.17) is 16.3 Å². The maximum Gasteiger partial charge on any atom is 0.416 e. The van der Waals surface area contributed by atoms with Gasteiger partial charge >= 0.3 is 6.18 Å². The third-order valence-corrected chi connectivity index (χ3v) is 5.58. The van der Waals surface area contributed by atoms with Crippen LogP contribution in [0.25, 0.3) is 0 Å². The van der Waals surface area contributed by atoms with Crippen molar-refractivity contribution in [2.45, 2.75) is 24.9 Å². The van der Waals surface area contributed by atoms with Crippen LogP contribution in [-0.2, 0) is 20.9 Å². The second-order valence-corrected chi connectivity index (χ2v) is 7.80. The molecule has 0 bridgehead atoms. The number of halogens is 4. The lowest BCUT2D eigenvalue weighted by atomic mass is 10.1. The lowest BCUT2D eigenvalue weighted by Crippen LogP contribution is -2.33. The lowest BCUT2D eigenvalue weighted by Gasteiger charge is -2.25. The largest absolute Gasteiger partial charge is 0.416 e. The second kappa shape index (κ2) is 7.42. The smallest absolute Gasteiger partial charge is 0.363 e. The first-order chi connectivity index (χ1) is 12.0. The van der Waals surface area contributed by atoms with Gasteiger partial charge in [-0.2, -0.15) is 13.2 Å². The highest BCUT2D eigenvalue weighted by Crippen LogP contribution is 2.35. The van der Waals surface area contributed by atoms with Crippen molar-refractivity contribution in [3.05, 3.63) is 52.3 Å². The number of hydrogen-bond donors (Lipinski definition) is 0. The van der Waals surface area contributed by atoms with E-state index in [1.54, 1.807) is 6.92 Å². The van der Waals surface area contributed by atoms with Crippen molar-refractivity contribution in [2.24, 2.45) is 0 Å². The number of anilines is 1. The number of benzene rings is 1. The topological polar surface area (TPSA) is 59.5 Å². The molecule has 2 aromatic rings. The van der Waals surface area contributed by atoms with Crippen LogP contribution < -0.4 is 4.31 Å². The highest BCUT2D eigenvalue weighted by atomic mass is 35.5. The van der Waals surface area contributed by atoms with E-state index in [9.17, 15) is 21.6 Å². The number of pyridine rings is 1. The Morgan fingerprint density at radius 1 is 1.23 bits per heavy atom. The van der Waals surface area contributed by atoms with E-state index in [0.717, 1.165) is 16.4 Å². The molecule has 0 atom stereocenters. The molecule has 0 N–H and O–H groups in total. The van der Waals surface area contributed by atoms with Crippen molar-refractivity contribution >= 4 is 27.3 Å². The average Bonchev–Trinajstić information content (AvgIpc) is 2.54. The molecule has 0 spiro atoms. The van der Waals surface area contributed by atoms with Crippen molar-refractivity contribution in [3.8, 4) is 0 Å². The Morgan fingerprint density at radius 2 is 1.88 bits per heavy atom. The third kappa shape index (κ3) is 4.11. The number of sulfonamides is 1. The van der Waals surface area contributed by atoms with Gasteiger partial charge < -0.3 is 4.74 Å². The summed E-state index contributed by atoms with van der Waals surface area (Å²) >= 11 is 5.89. The first kappa shape index (κ1) is 20.5. The fraction of sp³-hybridized carbons (Fsp3) is 0.312. The predicted octanol–water partition coefficient (Wildman–Crippen LogP) is 4.17. The molecule has 0 saturated carbocycles. The summed E-state index contributed by atoms with van der Waals surface area (Å²) in [6, 6.07) is 4.21. The quantitative estimate of drug-likeness (QED) is 0.697. The maximum atomic E-state index is 13.1. The Balaban J connectivity index is 2.64. The van der Waals surface area contributed by atoms with E-state index in [-0.39, 0.29) is 16.3 Å². The minimum Gasteiger partial charge on any atom is -0.363 e. The van der Waals surface area contributed by atoms with Gasteiger partial charge in [0.05, 0.1) is 26.9 Å². The van der Waals surface area contributed by atoms with Crippen molar-refractivity contribution in [1.29, 1.82) is 0 Å². The van der Waals surface area contributed by atoms with E-state index in [1.807, 2.05) is 0 Å². The number of aromatic nitrogens is 1. The molecule has 0 saturated heterocycles. The number of rotatable bonds is 5. The molecule has 1 heterocycles. The zero-order valence-corrected chi connectivity index (χ0v) is 15.7. The van der Waals surface area contributed by atoms with Gasteiger partial charge in [-0.15, -0.1) is 0 Å². The lowest BCUT2D eigenvalue weighted by molar-refractivity contribution is -0.138. The summed E-state index contributed by atoms with van der Waals surface area (Å²) in [5.74, 6) is 0. The van der Waals surface area contributed by atoms with Gasteiger partial charge in [0.15, 0.2) is 0 Å². The van der Waals surface area contributed by atoms with Crippen molar-refractivity contribution < 1.29 is 26.3 Å². The first-order valence-corrected chi connectivity index (χ1v) is 9.12. The summed E-state index contributed by atoms with van der Waals surface area (Å²) in [4.78, 5) is 3.48. The Morgan fingerprint density at radius 3 is 2.46 bits per heavy atom. The molecule has 0 fully saturated rings. The summed E-state index contributed by atoms with van der Waals surface area (Å²) in [6.07, 6.45) is -3.33. The number of alkyl halides is 3. The molecule has 0 aliphatic heterocycles. The SMILES string of the molecule is COCN(c1cc(Cl)cnc1C)S(=O)(=O)c1ccc(C)c(C(F)(F)F)c1. The summed E-state index contributed by atoms with van der Waals surface area (Å²) in [6.45, 7) is 2.40. The number of ether oxygens (including phenoxy) is 1. The normalized spacial score (nSPS) is 12.3. The van der Waals surface area contributed by atoms with Gasteiger partial charge in [-0.1, -0.05) is 17.7 Å². The second-order valence-electron chi connectivity index (χ2n) is 5.50. The predicted molar refractivity (Wildman–Crippen MR) is 91.7 cm³/mol. The van der Waals surface area contributed by atoms with Crippen molar-refractivity contribution in [2.75, 3.05) is 18.1 Å². The molecular weight excluding hydrogens is 393 g/mol. The van der Waals surface area contributed by atoms with Crippen LogP contribution in [0.4, 0.5) is 18.9 Å². The average molecular weight is 409 g/mol. The van der Waals surface area contributed by atoms with Gasteiger partial charge in [0, 0.05) is 13.3 Å². The van der Waals surface area contributed by atoms with Crippen LogP contribution in [-0.4, -0.2) is 27.2 Å². The van der Waals surface area contributed by atoms with E-state index < -0.39 is 33.4 Å². The monoisotopic (exact) mass is 408 g/mol. The number of hydrogen-bond acceptors (Lipinski definition) is 4. The molecule has 142 valence electrons. The Kier molecular flexibility index (Phi) is 5.84. The van der Waals surface area contributed by atoms with Crippen LogP contribution >= 0.6 is 11.6 Å². The third-order valence-electron chi connectivity index (χ3n) is 3.64. The molecule has 0 aliphatic carbocycles. The van der Waals surface area contributed by atoms with Gasteiger partial charge in [-0.3, -0.25) is 4.98 Å². The first-order valence-electron chi connectivity index (χ1n) is 7.30. The summed E-state index contributed by atoms with van der Waals surface area (Å²) < 4.78 is 71.2. The van der Waals surface area contributed by atoms with E-state index in [0.29, 0.717) is 11.8 Å². The minimum atomic E-state index is -4.67. The Hall–Kier alpha value is -1.84. The van der Waals surface area contributed by atoms with E-state index in [1.165, 1.54) is 26.3 Å². The standard InChI is InChI=1S/C16H16ClF3N2O3S/c1-10-4-5-13(7-14(10)16(18,19)20)26(23,24)22(9-25-3)15-6-12(17)8-21-11(15)2/h4-8H,9H2,1-3H3. The summed E-state index contributed by atoms with van der Waals surface area (Å²) in [5, 5.41) is 0.182. The van der Waals surface area contributed by atoms with Crippen LogP contribution in [0.3, 0.4) is 0 Å². The van der Waals surface area contributed by atoms with Crippen LogP contribution in [0.1, 0.15) is 16.8 Å². The highest BCUT2D eigenvalue weighted by molar-refractivity contribution is 7.92. The van der Waals surface area contributed by atoms with Gasteiger partial charge in [-0.25, -0.2) is 12.7 Å². The maximum absolute atomic E-state index is 13.1. The molecule has 5 nitrogen and oxygen atoms in total. The minimum absolute atomic E-state index is 0.0738. The highest BCUT2D eigenvalue weighted by Gasteiger charge is 2.35. The molecular formula is C16H16ClF3N2O3S. The molecule has 0 amide bonds. The zero-order valence-electron chi connectivity index (χ0n) is 14.1. The van der Waals surface area contributed by atoms with Crippen molar-refractivity contribution in [1.82, 2.24) is 4.98 Å². The number of nitrogens with zero attached hydrogens (tertiary/aromatic N) is 2.